The van der Waals surface area contributed by atoms with Gasteiger partial charge in [-0.1, -0.05) is 66.2 Å². The molecule has 4 rings (SSSR count). The van der Waals surface area contributed by atoms with Crippen LogP contribution in [0.2, 0.25) is 0 Å². The first-order valence-electron chi connectivity index (χ1n) is 8.91. The number of hydrogen-bond acceptors (Lipinski definition) is 2. The Bertz CT molecular complexity index is 1190. The number of para-hydroxylation sites is 1. The fourth-order valence-electron chi connectivity index (χ4n) is 3.63. The van der Waals surface area contributed by atoms with Crippen molar-refractivity contribution in [1.82, 2.24) is 4.98 Å². The SMILES string of the molecule is Cc1ccc(S(=O)(=O)[C@@H](c2ccccc2)c2c(C)[nH]c3ccccc23)cc1. The molecule has 4 aromatic rings. The number of aromatic nitrogens is 1. The highest BCUT2D eigenvalue weighted by molar-refractivity contribution is 7.92. The third-order valence-electron chi connectivity index (χ3n) is 4.97. The van der Waals surface area contributed by atoms with Gasteiger partial charge in [0.05, 0.1) is 4.90 Å². The maximum absolute atomic E-state index is 13.7. The monoisotopic (exact) mass is 375 g/mol. The van der Waals surface area contributed by atoms with Crippen LogP contribution < -0.4 is 0 Å². The third-order valence-corrected chi connectivity index (χ3v) is 7.03. The third kappa shape index (κ3) is 3.06. The van der Waals surface area contributed by atoms with Crippen molar-refractivity contribution in [2.24, 2.45) is 0 Å². The zero-order valence-electron chi connectivity index (χ0n) is 15.3. The molecule has 3 aromatic carbocycles. The van der Waals surface area contributed by atoms with Crippen molar-refractivity contribution in [3.05, 3.63) is 101 Å². The van der Waals surface area contributed by atoms with Crippen LogP contribution in [0.5, 0.6) is 0 Å². The van der Waals surface area contributed by atoms with Gasteiger partial charge in [-0.05, 0) is 37.6 Å². The summed E-state index contributed by atoms with van der Waals surface area (Å²) in [4.78, 5) is 3.68. The number of aromatic amines is 1. The molecule has 0 amide bonds. The van der Waals surface area contributed by atoms with Crippen molar-refractivity contribution in [3.63, 3.8) is 0 Å². The summed E-state index contributed by atoms with van der Waals surface area (Å²) in [7, 11) is -3.63. The highest BCUT2D eigenvalue weighted by Crippen LogP contribution is 2.40. The van der Waals surface area contributed by atoms with E-state index in [0.717, 1.165) is 33.3 Å². The lowest BCUT2D eigenvalue weighted by molar-refractivity contribution is 0.589. The molecule has 0 radical (unpaired) electrons. The first kappa shape index (κ1) is 17.6. The Morgan fingerprint density at radius 1 is 0.778 bits per heavy atom. The molecule has 1 N–H and O–H groups in total. The fraction of sp³-hybridized carbons (Fsp3) is 0.130. The van der Waals surface area contributed by atoms with Gasteiger partial charge in [-0.3, -0.25) is 0 Å². The first-order valence-corrected chi connectivity index (χ1v) is 10.5. The van der Waals surface area contributed by atoms with Gasteiger partial charge < -0.3 is 4.98 Å². The Morgan fingerprint density at radius 3 is 2.11 bits per heavy atom. The molecule has 0 bridgehead atoms. The number of H-pyrrole nitrogens is 1. The van der Waals surface area contributed by atoms with Crippen LogP contribution >= 0.6 is 0 Å². The highest BCUT2D eigenvalue weighted by atomic mass is 32.2. The molecule has 0 saturated heterocycles. The van der Waals surface area contributed by atoms with E-state index in [1.807, 2.05) is 80.6 Å². The van der Waals surface area contributed by atoms with E-state index in [2.05, 4.69) is 4.98 Å². The number of aryl methyl sites for hydroxylation is 2. The topological polar surface area (TPSA) is 49.9 Å². The molecule has 0 fully saturated rings. The second kappa shape index (κ2) is 6.71. The summed E-state index contributed by atoms with van der Waals surface area (Å²) < 4.78 is 27.4. The lowest BCUT2D eigenvalue weighted by Gasteiger charge is -2.19. The smallest absolute Gasteiger partial charge is 0.189 e. The van der Waals surface area contributed by atoms with E-state index in [1.165, 1.54) is 0 Å². The maximum Gasteiger partial charge on any atom is 0.189 e. The average molecular weight is 375 g/mol. The number of hydrogen-bond donors (Lipinski definition) is 1. The fourth-order valence-corrected chi connectivity index (χ4v) is 5.55. The predicted octanol–water partition coefficient (Wildman–Crippen LogP) is 5.35. The van der Waals surface area contributed by atoms with Crippen LogP contribution in [-0.4, -0.2) is 13.4 Å². The Morgan fingerprint density at radius 2 is 1.41 bits per heavy atom. The minimum absolute atomic E-state index is 0.339. The summed E-state index contributed by atoms with van der Waals surface area (Å²) in [5, 5.41) is 0.178. The summed E-state index contributed by atoms with van der Waals surface area (Å²) in [5.41, 5.74) is 4.45. The number of sulfone groups is 1. The van der Waals surface area contributed by atoms with E-state index in [-0.39, 0.29) is 0 Å². The molecule has 1 aromatic heterocycles. The van der Waals surface area contributed by atoms with Crippen molar-refractivity contribution < 1.29 is 8.42 Å². The highest BCUT2D eigenvalue weighted by Gasteiger charge is 2.33. The van der Waals surface area contributed by atoms with Crippen LogP contribution in [0.4, 0.5) is 0 Å². The van der Waals surface area contributed by atoms with Gasteiger partial charge in [-0.2, -0.15) is 0 Å². The van der Waals surface area contributed by atoms with E-state index in [0.29, 0.717) is 4.90 Å². The van der Waals surface area contributed by atoms with Crippen molar-refractivity contribution in [1.29, 1.82) is 0 Å². The minimum Gasteiger partial charge on any atom is -0.358 e. The van der Waals surface area contributed by atoms with E-state index in [1.54, 1.807) is 12.1 Å². The largest absolute Gasteiger partial charge is 0.358 e. The lowest BCUT2D eigenvalue weighted by Crippen LogP contribution is -2.16. The van der Waals surface area contributed by atoms with E-state index in [4.69, 9.17) is 0 Å². The van der Waals surface area contributed by atoms with Crippen molar-refractivity contribution in [3.8, 4) is 0 Å². The van der Waals surface area contributed by atoms with Gasteiger partial charge in [0.1, 0.15) is 5.25 Å². The molecule has 0 spiro atoms. The van der Waals surface area contributed by atoms with Crippen molar-refractivity contribution in [2.75, 3.05) is 0 Å². The molecular weight excluding hydrogens is 354 g/mol. The van der Waals surface area contributed by atoms with E-state index >= 15 is 0 Å². The summed E-state index contributed by atoms with van der Waals surface area (Å²) in [6.45, 7) is 3.89. The van der Waals surface area contributed by atoms with Gasteiger partial charge in [0.2, 0.25) is 0 Å². The molecule has 3 nitrogen and oxygen atoms in total. The van der Waals surface area contributed by atoms with Gasteiger partial charge in [0.15, 0.2) is 9.84 Å². The zero-order chi connectivity index (χ0) is 19.0. The molecule has 0 aliphatic heterocycles. The van der Waals surface area contributed by atoms with Crippen LogP contribution in [0, 0.1) is 13.8 Å². The lowest BCUT2D eigenvalue weighted by atomic mass is 10.0. The standard InChI is InChI=1S/C23H21NO2S/c1-16-12-14-19(15-13-16)27(25,26)23(18-8-4-3-5-9-18)22-17(2)24-21-11-7-6-10-20(21)22/h3-15,23-24H,1-2H3/t23-/m0/s1. The Balaban J connectivity index is 2.01. The quantitative estimate of drug-likeness (QED) is 0.523. The van der Waals surface area contributed by atoms with E-state index in [9.17, 15) is 8.42 Å². The molecule has 0 aliphatic carbocycles. The number of fused-ring (bicyclic) bond motifs is 1. The molecular formula is C23H21NO2S. The summed E-state index contributed by atoms with van der Waals surface area (Å²) >= 11 is 0. The maximum atomic E-state index is 13.7. The molecule has 136 valence electrons. The second-order valence-electron chi connectivity index (χ2n) is 6.86. The number of benzene rings is 3. The van der Waals surface area contributed by atoms with Gasteiger partial charge in [0.25, 0.3) is 0 Å². The minimum atomic E-state index is -3.63. The molecule has 0 unspecified atom stereocenters. The summed E-state index contributed by atoms with van der Waals surface area (Å²) in [5.74, 6) is 0. The van der Waals surface area contributed by atoms with Gasteiger partial charge in [-0.25, -0.2) is 8.42 Å². The molecule has 0 saturated carbocycles. The Hall–Kier alpha value is -2.85. The van der Waals surface area contributed by atoms with Crippen LogP contribution in [0.3, 0.4) is 0 Å². The normalized spacial score (nSPS) is 13.0. The molecule has 27 heavy (non-hydrogen) atoms. The predicted molar refractivity (Wildman–Crippen MR) is 110 cm³/mol. The van der Waals surface area contributed by atoms with E-state index < -0.39 is 15.1 Å². The Labute approximate surface area is 159 Å². The first-order chi connectivity index (χ1) is 13.0. The molecule has 4 heteroatoms. The van der Waals surface area contributed by atoms with Crippen LogP contribution in [0.1, 0.15) is 27.6 Å². The molecule has 0 aliphatic rings. The van der Waals surface area contributed by atoms with Gasteiger partial charge in [0, 0.05) is 22.2 Å². The summed E-state index contributed by atoms with van der Waals surface area (Å²) in [6, 6.07) is 24.4. The van der Waals surface area contributed by atoms with Crippen molar-refractivity contribution >= 4 is 20.7 Å². The van der Waals surface area contributed by atoms with Crippen molar-refractivity contribution in [2.45, 2.75) is 24.0 Å². The van der Waals surface area contributed by atoms with Gasteiger partial charge >= 0.3 is 0 Å². The molecule has 1 heterocycles. The summed E-state index contributed by atoms with van der Waals surface area (Å²) in [6.07, 6.45) is 0. The second-order valence-corrected chi connectivity index (χ2v) is 8.89. The Kier molecular flexibility index (Phi) is 4.36. The number of rotatable bonds is 4. The average Bonchev–Trinajstić information content (AvgIpc) is 2.99. The van der Waals surface area contributed by atoms with Crippen LogP contribution in [0.25, 0.3) is 10.9 Å². The number of nitrogens with one attached hydrogen (secondary N) is 1. The van der Waals surface area contributed by atoms with Crippen LogP contribution in [0.15, 0.2) is 83.8 Å². The molecule has 1 atom stereocenters. The van der Waals surface area contributed by atoms with Crippen LogP contribution in [-0.2, 0) is 9.84 Å². The zero-order valence-corrected chi connectivity index (χ0v) is 16.1. The van der Waals surface area contributed by atoms with Gasteiger partial charge in [-0.15, -0.1) is 0 Å².